The summed E-state index contributed by atoms with van der Waals surface area (Å²) < 4.78 is 0. The monoisotopic (exact) mass is 239 g/mol. The number of carboxylic acids is 1. The SMILES string of the molecule is CCCN(CCO)Cc1ncncc1C(=O)O. The Hall–Kier alpha value is -1.53. The van der Waals surface area contributed by atoms with Crippen molar-refractivity contribution in [1.82, 2.24) is 14.9 Å². The van der Waals surface area contributed by atoms with Crippen molar-refractivity contribution in [2.75, 3.05) is 19.7 Å². The number of carboxylic acid groups (broad SMARTS) is 1. The number of hydrogen-bond donors (Lipinski definition) is 2. The molecule has 0 unspecified atom stereocenters. The van der Waals surface area contributed by atoms with Crippen LogP contribution < -0.4 is 0 Å². The second kappa shape index (κ2) is 6.93. The lowest BCUT2D eigenvalue weighted by Crippen LogP contribution is -2.28. The first kappa shape index (κ1) is 13.5. The zero-order chi connectivity index (χ0) is 12.7. The Balaban J connectivity index is 2.80. The lowest BCUT2D eigenvalue weighted by atomic mass is 10.2. The molecule has 6 heteroatoms. The maximum atomic E-state index is 11.0. The molecule has 0 aliphatic rings. The topological polar surface area (TPSA) is 86.5 Å². The van der Waals surface area contributed by atoms with Gasteiger partial charge in [0.05, 0.1) is 12.3 Å². The van der Waals surface area contributed by atoms with E-state index < -0.39 is 5.97 Å². The van der Waals surface area contributed by atoms with Crippen LogP contribution in [0.25, 0.3) is 0 Å². The molecule has 17 heavy (non-hydrogen) atoms. The summed E-state index contributed by atoms with van der Waals surface area (Å²) in [6.07, 6.45) is 3.58. The molecule has 1 aromatic rings. The zero-order valence-corrected chi connectivity index (χ0v) is 9.83. The van der Waals surface area contributed by atoms with Crippen LogP contribution in [0, 0.1) is 0 Å². The van der Waals surface area contributed by atoms with Crippen LogP contribution in [0.1, 0.15) is 29.4 Å². The Bertz CT molecular complexity index is 365. The maximum Gasteiger partial charge on any atom is 0.339 e. The van der Waals surface area contributed by atoms with Crippen molar-refractivity contribution >= 4 is 5.97 Å². The number of aromatic carboxylic acids is 1. The van der Waals surface area contributed by atoms with Crippen molar-refractivity contribution in [2.45, 2.75) is 19.9 Å². The van der Waals surface area contributed by atoms with Gasteiger partial charge in [0.2, 0.25) is 0 Å². The van der Waals surface area contributed by atoms with E-state index in [0.29, 0.717) is 18.8 Å². The van der Waals surface area contributed by atoms with Gasteiger partial charge < -0.3 is 10.2 Å². The molecule has 0 amide bonds. The van der Waals surface area contributed by atoms with Gasteiger partial charge in [-0.25, -0.2) is 14.8 Å². The molecule has 0 aliphatic carbocycles. The second-order valence-electron chi connectivity index (χ2n) is 3.69. The lowest BCUT2D eigenvalue weighted by Gasteiger charge is -2.20. The minimum atomic E-state index is -1.03. The molecule has 0 aliphatic heterocycles. The minimum absolute atomic E-state index is 0.0491. The standard InChI is InChI=1S/C11H17N3O3/c1-2-3-14(4-5-15)7-10-9(11(16)17)6-12-8-13-10/h6,8,15H,2-5,7H2,1H3,(H,16,17). The Kier molecular flexibility index (Phi) is 5.51. The number of carbonyl (C=O) groups is 1. The molecular weight excluding hydrogens is 222 g/mol. The fourth-order valence-electron chi connectivity index (χ4n) is 1.60. The first-order chi connectivity index (χ1) is 8.19. The average Bonchev–Trinajstić information content (AvgIpc) is 2.30. The zero-order valence-electron chi connectivity index (χ0n) is 9.83. The summed E-state index contributed by atoms with van der Waals surface area (Å²) in [7, 11) is 0. The highest BCUT2D eigenvalue weighted by atomic mass is 16.4. The summed E-state index contributed by atoms with van der Waals surface area (Å²) in [5.41, 5.74) is 0.598. The molecule has 0 fully saturated rings. The van der Waals surface area contributed by atoms with Crippen LogP contribution >= 0.6 is 0 Å². The van der Waals surface area contributed by atoms with E-state index in [9.17, 15) is 4.79 Å². The van der Waals surface area contributed by atoms with Crippen LogP contribution in [0.3, 0.4) is 0 Å². The number of aromatic nitrogens is 2. The smallest absolute Gasteiger partial charge is 0.339 e. The summed E-state index contributed by atoms with van der Waals surface area (Å²) in [5, 5.41) is 17.9. The van der Waals surface area contributed by atoms with Crippen LogP contribution in [0.4, 0.5) is 0 Å². The second-order valence-corrected chi connectivity index (χ2v) is 3.69. The van der Waals surface area contributed by atoms with Gasteiger partial charge in [0, 0.05) is 19.3 Å². The van der Waals surface area contributed by atoms with Crippen LogP contribution in [0.15, 0.2) is 12.5 Å². The van der Waals surface area contributed by atoms with E-state index in [0.717, 1.165) is 13.0 Å². The molecule has 1 heterocycles. The fraction of sp³-hybridized carbons (Fsp3) is 0.545. The molecule has 0 saturated heterocycles. The number of hydrogen-bond acceptors (Lipinski definition) is 5. The van der Waals surface area contributed by atoms with E-state index in [1.807, 2.05) is 11.8 Å². The van der Waals surface area contributed by atoms with E-state index in [-0.39, 0.29) is 12.2 Å². The third-order valence-corrected chi connectivity index (χ3v) is 2.35. The molecule has 1 aromatic heterocycles. The number of nitrogens with zero attached hydrogens (tertiary/aromatic N) is 3. The average molecular weight is 239 g/mol. The molecule has 0 atom stereocenters. The van der Waals surface area contributed by atoms with Gasteiger partial charge in [-0.1, -0.05) is 6.92 Å². The normalized spacial score (nSPS) is 10.8. The van der Waals surface area contributed by atoms with Crippen molar-refractivity contribution in [3.05, 3.63) is 23.8 Å². The van der Waals surface area contributed by atoms with Crippen molar-refractivity contribution in [1.29, 1.82) is 0 Å². The van der Waals surface area contributed by atoms with Crippen molar-refractivity contribution in [3.8, 4) is 0 Å². The van der Waals surface area contributed by atoms with E-state index in [1.54, 1.807) is 0 Å². The summed E-state index contributed by atoms with van der Waals surface area (Å²) in [4.78, 5) is 20.6. The molecule has 94 valence electrons. The van der Waals surface area contributed by atoms with E-state index in [4.69, 9.17) is 10.2 Å². The summed E-state index contributed by atoms with van der Waals surface area (Å²) >= 11 is 0. The lowest BCUT2D eigenvalue weighted by molar-refractivity contribution is 0.0693. The number of aliphatic hydroxyl groups is 1. The van der Waals surface area contributed by atoms with Crippen LogP contribution in [0.2, 0.25) is 0 Å². The molecule has 6 nitrogen and oxygen atoms in total. The van der Waals surface area contributed by atoms with Crippen molar-refractivity contribution in [2.24, 2.45) is 0 Å². The highest BCUT2D eigenvalue weighted by molar-refractivity contribution is 5.88. The van der Waals surface area contributed by atoms with Crippen LogP contribution in [0.5, 0.6) is 0 Å². The van der Waals surface area contributed by atoms with E-state index >= 15 is 0 Å². The van der Waals surface area contributed by atoms with Gasteiger partial charge in [0.25, 0.3) is 0 Å². The Morgan fingerprint density at radius 1 is 1.47 bits per heavy atom. The first-order valence-electron chi connectivity index (χ1n) is 5.54. The van der Waals surface area contributed by atoms with Gasteiger partial charge in [-0.05, 0) is 13.0 Å². The fourth-order valence-corrected chi connectivity index (χ4v) is 1.60. The third-order valence-electron chi connectivity index (χ3n) is 2.35. The van der Waals surface area contributed by atoms with Gasteiger partial charge >= 0.3 is 5.97 Å². The Labute approximate surface area is 99.9 Å². The van der Waals surface area contributed by atoms with E-state index in [1.165, 1.54) is 12.5 Å². The predicted molar refractivity (Wildman–Crippen MR) is 61.6 cm³/mol. The van der Waals surface area contributed by atoms with Gasteiger partial charge in [-0.15, -0.1) is 0 Å². The predicted octanol–water partition coefficient (Wildman–Crippen LogP) is 0.379. The molecule has 0 spiro atoms. The largest absolute Gasteiger partial charge is 0.478 e. The maximum absolute atomic E-state index is 11.0. The van der Waals surface area contributed by atoms with Gasteiger partial charge in [0.15, 0.2) is 0 Å². The summed E-state index contributed by atoms with van der Waals surface area (Å²) in [5.74, 6) is -1.03. The van der Waals surface area contributed by atoms with Crippen molar-refractivity contribution < 1.29 is 15.0 Å². The van der Waals surface area contributed by atoms with E-state index in [2.05, 4.69) is 9.97 Å². The van der Waals surface area contributed by atoms with Gasteiger partial charge in [0.1, 0.15) is 11.9 Å². The molecule has 1 rings (SSSR count). The summed E-state index contributed by atoms with van der Waals surface area (Å²) in [6, 6.07) is 0. The molecule has 0 radical (unpaired) electrons. The van der Waals surface area contributed by atoms with Crippen LogP contribution in [-0.4, -0.2) is 50.7 Å². The first-order valence-corrected chi connectivity index (χ1v) is 5.54. The number of aliphatic hydroxyl groups excluding tert-OH is 1. The molecule has 2 N–H and O–H groups in total. The van der Waals surface area contributed by atoms with Crippen molar-refractivity contribution in [3.63, 3.8) is 0 Å². The third kappa shape index (κ3) is 4.08. The Morgan fingerprint density at radius 2 is 2.24 bits per heavy atom. The molecular formula is C11H17N3O3. The van der Waals surface area contributed by atoms with Gasteiger partial charge in [-0.2, -0.15) is 0 Å². The molecule has 0 bridgehead atoms. The highest BCUT2D eigenvalue weighted by Gasteiger charge is 2.14. The number of rotatable bonds is 7. The van der Waals surface area contributed by atoms with Crippen LogP contribution in [-0.2, 0) is 6.54 Å². The van der Waals surface area contributed by atoms with Gasteiger partial charge in [-0.3, -0.25) is 4.90 Å². The quantitative estimate of drug-likeness (QED) is 0.715. The molecule has 0 saturated carbocycles. The Morgan fingerprint density at radius 3 is 2.82 bits per heavy atom. The summed E-state index contributed by atoms with van der Waals surface area (Å²) in [6.45, 7) is 3.80. The highest BCUT2D eigenvalue weighted by Crippen LogP contribution is 2.07. The minimum Gasteiger partial charge on any atom is -0.478 e. The molecule has 0 aromatic carbocycles.